The van der Waals surface area contributed by atoms with E-state index in [9.17, 15) is 0 Å². The third-order valence-corrected chi connectivity index (χ3v) is 2.46. The van der Waals surface area contributed by atoms with Gasteiger partial charge in [0, 0.05) is 23.5 Å². The second-order valence-corrected chi connectivity index (χ2v) is 3.41. The highest BCUT2D eigenvalue weighted by Crippen LogP contribution is 2.09. The summed E-state index contributed by atoms with van der Waals surface area (Å²) in [4.78, 5) is 5.28. The number of thiazole rings is 1. The Bertz CT molecular complexity index is 182. The summed E-state index contributed by atoms with van der Waals surface area (Å²) in [6, 6.07) is 0.385. The Morgan fingerprint density at radius 3 is 3.09 bits per heavy atom. The predicted molar refractivity (Wildman–Crippen MR) is 47.2 cm³/mol. The topological polar surface area (TPSA) is 50.9 Å². The van der Waals surface area contributed by atoms with E-state index in [-0.39, 0.29) is 0 Å². The van der Waals surface area contributed by atoms with Gasteiger partial charge in [-0.15, -0.1) is 11.3 Å². The zero-order valence-corrected chi connectivity index (χ0v) is 7.40. The molecule has 0 aliphatic rings. The van der Waals surface area contributed by atoms with E-state index in [1.807, 2.05) is 11.7 Å². The zero-order valence-electron chi connectivity index (χ0n) is 6.58. The standard InChI is InChI=1S/C7H13N3S/c1-2-6(10-8)3-7-4-9-5-11-7/h4-6,10H,2-3,8H2,1H3. The molecular weight excluding hydrogens is 158 g/mol. The van der Waals surface area contributed by atoms with Crippen molar-refractivity contribution in [1.82, 2.24) is 10.4 Å². The van der Waals surface area contributed by atoms with Crippen molar-refractivity contribution >= 4 is 11.3 Å². The van der Waals surface area contributed by atoms with Crippen molar-refractivity contribution in [3.63, 3.8) is 0 Å². The van der Waals surface area contributed by atoms with Crippen molar-refractivity contribution in [3.8, 4) is 0 Å². The second kappa shape index (κ2) is 4.43. The SMILES string of the molecule is CCC(Cc1cncs1)NN. The summed E-state index contributed by atoms with van der Waals surface area (Å²) in [7, 11) is 0. The Kier molecular flexibility index (Phi) is 3.48. The Morgan fingerprint density at radius 2 is 2.64 bits per heavy atom. The molecule has 1 aromatic rings. The van der Waals surface area contributed by atoms with Crippen LogP contribution in [0.3, 0.4) is 0 Å². The normalized spacial score (nSPS) is 13.3. The maximum atomic E-state index is 5.33. The summed E-state index contributed by atoms with van der Waals surface area (Å²) >= 11 is 1.68. The van der Waals surface area contributed by atoms with Crippen LogP contribution < -0.4 is 11.3 Å². The number of hydrogen-bond donors (Lipinski definition) is 2. The minimum absolute atomic E-state index is 0.385. The van der Waals surface area contributed by atoms with Gasteiger partial charge in [0.15, 0.2) is 0 Å². The summed E-state index contributed by atoms with van der Waals surface area (Å²) in [5.74, 6) is 5.33. The van der Waals surface area contributed by atoms with Crippen LogP contribution in [0.4, 0.5) is 0 Å². The largest absolute Gasteiger partial charge is 0.271 e. The molecule has 0 aliphatic heterocycles. The fraction of sp³-hybridized carbons (Fsp3) is 0.571. The van der Waals surface area contributed by atoms with Crippen LogP contribution in [-0.4, -0.2) is 11.0 Å². The first-order chi connectivity index (χ1) is 5.36. The molecule has 1 unspecified atom stereocenters. The van der Waals surface area contributed by atoms with Crippen LogP contribution in [0, 0.1) is 0 Å². The van der Waals surface area contributed by atoms with Crippen LogP contribution in [0.5, 0.6) is 0 Å². The Hall–Kier alpha value is -0.450. The fourth-order valence-electron chi connectivity index (χ4n) is 0.907. The molecule has 1 aromatic heterocycles. The molecule has 1 atom stereocenters. The zero-order chi connectivity index (χ0) is 8.10. The van der Waals surface area contributed by atoms with Gasteiger partial charge in [0.1, 0.15) is 0 Å². The molecule has 1 heterocycles. The van der Waals surface area contributed by atoms with Crippen LogP contribution in [0.1, 0.15) is 18.2 Å². The second-order valence-electron chi connectivity index (χ2n) is 2.44. The lowest BCUT2D eigenvalue weighted by molar-refractivity contribution is 0.514. The molecule has 0 radical (unpaired) electrons. The number of aromatic nitrogens is 1. The summed E-state index contributed by atoms with van der Waals surface area (Å²) < 4.78 is 0. The number of hydrazine groups is 1. The molecule has 0 aliphatic carbocycles. The molecule has 0 aromatic carbocycles. The van der Waals surface area contributed by atoms with Gasteiger partial charge in [0.2, 0.25) is 0 Å². The molecule has 0 bridgehead atoms. The number of nitrogens with zero attached hydrogens (tertiary/aromatic N) is 1. The van der Waals surface area contributed by atoms with E-state index < -0.39 is 0 Å². The Labute approximate surface area is 70.6 Å². The van der Waals surface area contributed by atoms with Crippen molar-refractivity contribution in [2.75, 3.05) is 0 Å². The smallest absolute Gasteiger partial charge is 0.0794 e. The predicted octanol–water partition coefficient (Wildman–Crippen LogP) is 0.927. The first-order valence-corrected chi connectivity index (χ1v) is 4.58. The molecule has 4 heteroatoms. The number of nitrogens with one attached hydrogen (secondary N) is 1. The highest BCUT2D eigenvalue weighted by atomic mass is 32.1. The average molecular weight is 171 g/mol. The van der Waals surface area contributed by atoms with Crippen molar-refractivity contribution in [2.45, 2.75) is 25.8 Å². The van der Waals surface area contributed by atoms with Crippen LogP contribution in [0.2, 0.25) is 0 Å². The van der Waals surface area contributed by atoms with E-state index >= 15 is 0 Å². The molecule has 62 valence electrons. The monoisotopic (exact) mass is 171 g/mol. The fourth-order valence-corrected chi connectivity index (χ4v) is 1.58. The van der Waals surface area contributed by atoms with Gasteiger partial charge in [0.25, 0.3) is 0 Å². The number of hydrogen-bond acceptors (Lipinski definition) is 4. The number of rotatable bonds is 4. The molecule has 11 heavy (non-hydrogen) atoms. The van der Waals surface area contributed by atoms with Crippen LogP contribution in [0.25, 0.3) is 0 Å². The molecule has 0 saturated carbocycles. The third-order valence-electron chi connectivity index (χ3n) is 1.66. The van der Waals surface area contributed by atoms with Crippen molar-refractivity contribution < 1.29 is 0 Å². The first kappa shape index (κ1) is 8.64. The Morgan fingerprint density at radius 1 is 1.82 bits per heavy atom. The summed E-state index contributed by atoms with van der Waals surface area (Å²) in [6.45, 7) is 2.12. The maximum Gasteiger partial charge on any atom is 0.0794 e. The third kappa shape index (κ3) is 2.57. The van der Waals surface area contributed by atoms with Crippen molar-refractivity contribution in [1.29, 1.82) is 0 Å². The van der Waals surface area contributed by atoms with E-state index in [0.717, 1.165) is 12.8 Å². The molecule has 0 amide bonds. The van der Waals surface area contributed by atoms with E-state index in [2.05, 4.69) is 17.3 Å². The van der Waals surface area contributed by atoms with Gasteiger partial charge in [-0.3, -0.25) is 16.3 Å². The molecule has 0 spiro atoms. The minimum Gasteiger partial charge on any atom is -0.271 e. The first-order valence-electron chi connectivity index (χ1n) is 3.70. The van der Waals surface area contributed by atoms with Gasteiger partial charge in [-0.2, -0.15) is 0 Å². The van der Waals surface area contributed by atoms with Gasteiger partial charge >= 0.3 is 0 Å². The Balaban J connectivity index is 2.41. The van der Waals surface area contributed by atoms with Gasteiger partial charge in [-0.05, 0) is 6.42 Å². The molecular formula is C7H13N3S. The summed E-state index contributed by atoms with van der Waals surface area (Å²) in [5, 5.41) is 0. The van der Waals surface area contributed by atoms with Gasteiger partial charge in [-0.25, -0.2) is 0 Å². The average Bonchev–Trinajstić information content (AvgIpc) is 2.52. The summed E-state index contributed by atoms with van der Waals surface area (Å²) in [6.07, 6.45) is 3.93. The maximum absolute atomic E-state index is 5.33. The molecule has 0 fully saturated rings. The molecule has 3 N–H and O–H groups in total. The molecule has 3 nitrogen and oxygen atoms in total. The van der Waals surface area contributed by atoms with E-state index in [1.54, 1.807) is 11.3 Å². The van der Waals surface area contributed by atoms with Crippen molar-refractivity contribution in [2.24, 2.45) is 5.84 Å². The van der Waals surface area contributed by atoms with Crippen LogP contribution >= 0.6 is 11.3 Å². The highest BCUT2D eigenvalue weighted by Gasteiger charge is 2.04. The van der Waals surface area contributed by atoms with Gasteiger partial charge in [-0.1, -0.05) is 6.92 Å². The molecule has 1 rings (SSSR count). The lowest BCUT2D eigenvalue weighted by Gasteiger charge is -2.10. The number of nitrogens with two attached hydrogens (primary N) is 1. The van der Waals surface area contributed by atoms with Crippen LogP contribution in [0.15, 0.2) is 11.7 Å². The highest BCUT2D eigenvalue weighted by molar-refractivity contribution is 7.09. The van der Waals surface area contributed by atoms with Gasteiger partial charge < -0.3 is 0 Å². The van der Waals surface area contributed by atoms with Crippen molar-refractivity contribution in [3.05, 3.63) is 16.6 Å². The lowest BCUT2D eigenvalue weighted by Crippen LogP contribution is -2.35. The quantitative estimate of drug-likeness (QED) is 0.523. The minimum atomic E-state index is 0.385. The van der Waals surface area contributed by atoms with E-state index in [0.29, 0.717) is 6.04 Å². The van der Waals surface area contributed by atoms with Gasteiger partial charge in [0.05, 0.1) is 5.51 Å². The lowest BCUT2D eigenvalue weighted by atomic mass is 10.1. The van der Waals surface area contributed by atoms with E-state index in [4.69, 9.17) is 5.84 Å². The van der Waals surface area contributed by atoms with E-state index in [1.165, 1.54) is 4.88 Å². The molecule has 0 saturated heterocycles. The van der Waals surface area contributed by atoms with Crippen LogP contribution in [-0.2, 0) is 6.42 Å². The summed E-state index contributed by atoms with van der Waals surface area (Å²) in [5.41, 5.74) is 4.61.